The summed E-state index contributed by atoms with van der Waals surface area (Å²) in [4.78, 5) is 17.3. The van der Waals surface area contributed by atoms with E-state index in [1.54, 1.807) is 11.8 Å². The Hall–Kier alpha value is -1.08. The predicted molar refractivity (Wildman–Crippen MR) is 67.5 cm³/mol. The molecule has 0 radical (unpaired) electrons. The SMILES string of the molecule is CC(C)c1nc(CN2CCSCC2C(=O)O)no1. The van der Waals surface area contributed by atoms with Crippen molar-refractivity contribution in [2.24, 2.45) is 0 Å². The van der Waals surface area contributed by atoms with Gasteiger partial charge in [-0.25, -0.2) is 0 Å². The van der Waals surface area contributed by atoms with Gasteiger partial charge in [-0.15, -0.1) is 0 Å². The number of rotatable bonds is 4. The van der Waals surface area contributed by atoms with E-state index >= 15 is 0 Å². The van der Waals surface area contributed by atoms with E-state index < -0.39 is 12.0 Å². The summed E-state index contributed by atoms with van der Waals surface area (Å²) in [5.41, 5.74) is 0. The highest BCUT2D eigenvalue weighted by molar-refractivity contribution is 7.99. The molecular formula is C11H17N3O3S. The first-order chi connectivity index (χ1) is 8.58. The maximum absolute atomic E-state index is 11.1. The van der Waals surface area contributed by atoms with E-state index in [0.717, 1.165) is 12.3 Å². The summed E-state index contributed by atoms with van der Waals surface area (Å²) < 4.78 is 5.12. The van der Waals surface area contributed by atoms with Crippen LogP contribution in [-0.2, 0) is 11.3 Å². The third-order valence-electron chi connectivity index (χ3n) is 2.85. The minimum absolute atomic E-state index is 0.193. The van der Waals surface area contributed by atoms with Crippen molar-refractivity contribution >= 4 is 17.7 Å². The molecule has 1 atom stereocenters. The van der Waals surface area contributed by atoms with Crippen molar-refractivity contribution in [2.45, 2.75) is 32.4 Å². The van der Waals surface area contributed by atoms with Crippen LogP contribution in [0.4, 0.5) is 0 Å². The second-order valence-electron chi connectivity index (χ2n) is 4.60. The van der Waals surface area contributed by atoms with E-state index in [0.29, 0.717) is 24.0 Å². The zero-order valence-electron chi connectivity index (χ0n) is 10.5. The lowest BCUT2D eigenvalue weighted by molar-refractivity contribution is -0.142. The van der Waals surface area contributed by atoms with Crippen LogP contribution in [0.3, 0.4) is 0 Å². The number of aliphatic carboxylic acids is 1. The molecule has 0 amide bonds. The molecule has 1 fully saturated rings. The summed E-state index contributed by atoms with van der Waals surface area (Å²) in [7, 11) is 0. The normalized spacial score (nSPS) is 21.4. The van der Waals surface area contributed by atoms with Crippen molar-refractivity contribution in [2.75, 3.05) is 18.1 Å². The molecule has 0 aliphatic carbocycles. The quantitative estimate of drug-likeness (QED) is 0.881. The van der Waals surface area contributed by atoms with Gasteiger partial charge in [-0.2, -0.15) is 16.7 Å². The van der Waals surface area contributed by atoms with Gasteiger partial charge in [0.25, 0.3) is 0 Å². The minimum Gasteiger partial charge on any atom is -0.480 e. The third kappa shape index (κ3) is 3.02. The summed E-state index contributed by atoms with van der Waals surface area (Å²) in [5.74, 6) is 2.14. The molecule has 6 nitrogen and oxygen atoms in total. The maximum Gasteiger partial charge on any atom is 0.321 e. The van der Waals surface area contributed by atoms with Crippen LogP contribution < -0.4 is 0 Å². The van der Waals surface area contributed by atoms with Gasteiger partial charge in [0.05, 0.1) is 6.54 Å². The van der Waals surface area contributed by atoms with Crippen LogP contribution in [0.2, 0.25) is 0 Å². The highest BCUT2D eigenvalue weighted by Gasteiger charge is 2.29. The number of hydrogen-bond donors (Lipinski definition) is 1. The molecule has 1 aliphatic rings. The first-order valence-electron chi connectivity index (χ1n) is 5.95. The number of thioether (sulfide) groups is 1. The van der Waals surface area contributed by atoms with Gasteiger partial charge in [0.15, 0.2) is 5.82 Å². The zero-order chi connectivity index (χ0) is 13.1. The Bertz CT molecular complexity index is 421. The molecule has 1 aromatic heterocycles. The highest BCUT2D eigenvalue weighted by Crippen LogP contribution is 2.19. The Morgan fingerprint density at radius 1 is 1.67 bits per heavy atom. The summed E-state index contributed by atoms with van der Waals surface area (Å²) in [5, 5.41) is 13.1. The van der Waals surface area contributed by atoms with Crippen molar-refractivity contribution in [3.05, 3.63) is 11.7 Å². The van der Waals surface area contributed by atoms with Gasteiger partial charge in [0.1, 0.15) is 6.04 Å². The van der Waals surface area contributed by atoms with Crippen LogP contribution in [-0.4, -0.2) is 50.2 Å². The Kier molecular flexibility index (Phi) is 4.23. The molecule has 2 heterocycles. The molecule has 0 bridgehead atoms. The molecule has 0 saturated carbocycles. The van der Waals surface area contributed by atoms with Gasteiger partial charge < -0.3 is 9.63 Å². The smallest absolute Gasteiger partial charge is 0.321 e. The monoisotopic (exact) mass is 271 g/mol. The fraction of sp³-hybridized carbons (Fsp3) is 0.727. The molecule has 1 aromatic rings. The van der Waals surface area contributed by atoms with E-state index in [4.69, 9.17) is 9.63 Å². The van der Waals surface area contributed by atoms with E-state index in [2.05, 4.69) is 10.1 Å². The standard InChI is InChI=1S/C11H17N3O3S/c1-7(2)10-12-9(13-17-10)5-14-3-4-18-6-8(14)11(15)16/h7-8H,3-6H2,1-2H3,(H,15,16). The van der Waals surface area contributed by atoms with Crippen molar-refractivity contribution in [3.63, 3.8) is 0 Å². The first-order valence-corrected chi connectivity index (χ1v) is 7.10. The van der Waals surface area contributed by atoms with Crippen LogP contribution in [0.25, 0.3) is 0 Å². The van der Waals surface area contributed by atoms with E-state index in [1.165, 1.54) is 0 Å². The molecule has 1 unspecified atom stereocenters. The molecule has 1 aliphatic heterocycles. The van der Waals surface area contributed by atoms with Gasteiger partial charge in [0.2, 0.25) is 5.89 Å². The number of nitrogens with zero attached hydrogens (tertiary/aromatic N) is 3. The van der Waals surface area contributed by atoms with Gasteiger partial charge in [-0.05, 0) is 0 Å². The number of aromatic nitrogens is 2. The van der Waals surface area contributed by atoms with Crippen LogP contribution in [0, 0.1) is 0 Å². The summed E-state index contributed by atoms with van der Waals surface area (Å²) in [6.07, 6.45) is 0. The molecule has 7 heteroatoms. The van der Waals surface area contributed by atoms with Crippen molar-refractivity contribution in [1.29, 1.82) is 0 Å². The lowest BCUT2D eigenvalue weighted by atomic mass is 10.2. The van der Waals surface area contributed by atoms with E-state index in [-0.39, 0.29) is 5.92 Å². The molecule has 18 heavy (non-hydrogen) atoms. The molecular weight excluding hydrogens is 254 g/mol. The van der Waals surface area contributed by atoms with Crippen LogP contribution >= 0.6 is 11.8 Å². The first kappa shape index (κ1) is 13.4. The average Bonchev–Trinajstić information content (AvgIpc) is 2.78. The van der Waals surface area contributed by atoms with Gasteiger partial charge in [0, 0.05) is 24.0 Å². The summed E-state index contributed by atoms with van der Waals surface area (Å²) in [6, 6.07) is -0.454. The van der Waals surface area contributed by atoms with Crippen molar-refractivity contribution < 1.29 is 14.4 Å². The molecule has 1 saturated heterocycles. The fourth-order valence-electron chi connectivity index (χ4n) is 1.80. The van der Waals surface area contributed by atoms with E-state index in [9.17, 15) is 4.79 Å². The number of carboxylic acid groups (broad SMARTS) is 1. The minimum atomic E-state index is -0.783. The fourth-order valence-corrected chi connectivity index (χ4v) is 2.91. The molecule has 0 spiro atoms. The molecule has 0 aromatic carbocycles. The number of hydrogen-bond acceptors (Lipinski definition) is 6. The Balaban J connectivity index is 2.03. The zero-order valence-corrected chi connectivity index (χ0v) is 11.3. The highest BCUT2D eigenvalue weighted by atomic mass is 32.2. The van der Waals surface area contributed by atoms with Crippen LogP contribution in [0.5, 0.6) is 0 Å². The Morgan fingerprint density at radius 2 is 2.44 bits per heavy atom. The molecule has 2 rings (SSSR count). The predicted octanol–water partition coefficient (Wildman–Crippen LogP) is 1.20. The molecule has 1 N–H and O–H groups in total. The van der Waals surface area contributed by atoms with E-state index in [1.807, 2.05) is 18.7 Å². The lowest BCUT2D eigenvalue weighted by Crippen LogP contribution is -2.46. The Morgan fingerprint density at radius 3 is 3.06 bits per heavy atom. The summed E-state index contributed by atoms with van der Waals surface area (Å²) in [6.45, 7) is 5.14. The maximum atomic E-state index is 11.1. The average molecular weight is 271 g/mol. The Labute approximate surface area is 110 Å². The lowest BCUT2D eigenvalue weighted by Gasteiger charge is -2.31. The second kappa shape index (κ2) is 5.71. The largest absolute Gasteiger partial charge is 0.480 e. The molecule has 100 valence electrons. The van der Waals surface area contributed by atoms with Crippen molar-refractivity contribution in [1.82, 2.24) is 15.0 Å². The van der Waals surface area contributed by atoms with Crippen molar-refractivity contribution in [3.8, 4) is 0 Å². The van der Waals surface area contributed by atoms with Gasteiger partial charge >= 0.3 is 5.97 Å². The summed E-state index contributed by atoms with van der Waals surface area (Å²) >= 11 is 1.67. The van der Waals surface area contributed by atoms with Crippen LogP contribution in [0.15, 0.2) is 4.52 Å². The van der Waals surface area contributed by atoms with Gasteiger partial charge in [-0.3, -0.25) is 9.69 Å². The second-order valence-corrected chi connectivity index (χ2v) is 5.75. The van der Waals surface area contributed by atoms with Crippen LogP contribution in [0.1, 0.15) is 31.5 Å². The number of carboxylic acids is 1. The topological polar surface area (TPSA) is 79.5 Å². The van der Waals surface area contributed by atoms with Gasteiger partial charge in [-0.1, -0.05) is 19.0 Å². The third-order valence-corrected chi connectivity index (χ3v) is 3.87. The number of carbonyl (C=O) groups is 1.